The van der Waals surface area contributed by atoms with E-state index in [0.29, 0.717) is 6.07 Å². The first kappa shape index (κ1) is 12.6. The summed E-state index contributed by atoms with van der Waals surface area (Å²) in [7, 11) is 0. The number of hydrogen-bond donors (Lipinski definition) is 0. The van der Waals surface area contributed by atoms with Crippen LogP contribution in [0.2, 0.25) is 0 Å². The molecule has 0 N–H and O–H groups in total. The van der Waals surface area contributed by atoms with Gasteiger partial charge in [-0.05, 0) is 13.0 Å². The van der Waals surface area contributed by atoms with Crippen molar-refractivity contribution in [1.29, 1.82) is 0 Å². The van der Waals surface area contributed by atoms with Crippen LogP contribution in [0, 0.1) is 0 Å². The number of carbonyl (C=O) groups excluding carboxylic acids is 3. The van der Waals surface area contributed by atoms with Gasteiger partial charge in [0, 0.05) is 11.8 Å². The highest BCUT2D eigenvalue weighted by molar-refractivity contribution is 6.02. The lowest BCUT2D eigenvalue weighted by molar-refractivity contribution is -0.255. The van der Waals surface area contributed by atoms with E-state index in [1.807, 2.05) is 0 Å². The van der Waals surface area contributed by atoms with Crippen molar-refractivity contribution in [1.82, 2.24) is 4.98 Å². The molecule has 1 heterocycles. The van der Waals surface area contributed by atoms with Gasteiger partial charge in [0.1, 0.15) is 0 Å². The summed E-state index contributed by atoms with van der Waals surface area (Å²) in [5.41, 5.74) is -1.56. The number of carboxylic acid groups (broad SMARTS) is 2. The Kier molecular flexibility index (Phi) is 3.76. The first-order valence-electron chi connectivity index (χ1n) is 4.57. The van der Waals surface area contributed by atoms with Crippen LogP contribution < -0.4 is 10.2 Å². The Morgan fingerprint density at radius 3 is 2.35 bits per heavy atom. The molecule has 1 aromatic heterocycles. The summed E-state index contributed by atoms with van der Waals surface area (Å²) in [6.45, 7) is 1.59. The second-order valence-electron chi connectivity index (χ2n) is 2.91. The van der Waals surface area contributed by atoms with Gasteiger partial charge in [0.15, 0.2) is 0 Å². The van der Waals surface area contributed by atoms with Crippen molar-refractivity contribution in [3.05, 3.63) is 29.1 Å². The summed E-state index contributed by atoms with van der Waals surface area (Å²) in [4.78, 5) is 35.9. The smallest absolute Gasteiger partial charge is 0.340 e. The van der Waals surface area contributed by atoms with Gasteiger partial charge in [-0.2, -0.15) is 0 Å². The molecular formula is C10H7NO6-2. The predicted octanol–water partition coefficient (Wildman–Crippen LogP) is -2.01. The summed E-state index contributed by atoms with van der Waals surface area (Å²) >= 11 is 0. The van der Waals surface area contributed by atoms with E-state index in [-0.39, 0.29) is 12.2 Å². The number of ether oxygens (including phenoxy) is 1. The zero-order chi connectivity index (χ0) is 13.0. The molecule has 0 aliphatic heterocycles. The maximum atomic E-state index is 11.3. The Balaban J connectivity index is 3.27. The third-order valence-electron chi connectivity index (χ3n) is 1.83. The summed E-state index contributed by atoms with van der Waals surface area (Å²) in [5.74, 6) is -4.26. The van der Waals surface area contributed by atoms with Crippen LogP contribution in [-0.4, -0.2) is 29.5 Å². The molecule has 0 saturated carbocycles. The zero-order valence-electron chi connectivity index (χ0n) is 8.76. The monoisotopic (exact) mass is 237 g/mol. The molecule has 0 aromatic carbocycles. The van der Waals surface area contributed by atoms with Crippen LogP contribution in [0.25, 0.3) is 0 Å². The largest absolute Gasteiger partial charge is 0.545 e. The molecule has 0 spiro atoms. The van der Waals surface area contributed by atoms with Crippen LogP contribution >= 0.6 is 0 Å². The Morgan fingerprint density at radius 2 is 1.88 bits per heavy atom. The van der Waals surface area contributed by atoms with Crippen LogP contribution in [0.4, 0.5) is 0 Å². The number of hydrogen-bond acceptors (Lipinski definition) is 7. The molecule has 1 aromatic rings. The lowest BCUT2D eigenvalue weighted by Gasteiger charge is -2.11. The molecule has 0 amide bonds. The maximum absolute atomic E-state index is 11.3. The van der Waals surface area contributed by atoms with E-state index in [4.69, 9.17) is 0 Å². The predicted molar refractivity (Wildman–Crippen MR) is 48.9 cm³/mol. The first-order valence-corrected chi connectivity index (χ1v) is 4.57. The number of pyridine rings is 1. The molecule has 1 rings (SSSR count). The molecular weight excluding hydrogens is 230 g/mol. The number of aromatic nitrogens is 1. The average molecular weight is 237 g/mol. The van der Waals surface area contributed by atoms with Crippen LogP contribution in [0.15, 0.2) is 12.3 Å². The molecule has 7 nitrogen and oxygen atoms in total. The van der Waals surface area contributed by atoms with Gasteiger partial charge >= 0.3 is 5.97 Å². The summed E-state index contributed by atoms with van der Waals surface area (Å²) < 4.78 is 4.59. The van der Waals surface area contributed by atoms with E-state index in [2.05, 4.69) is 9.72 Å². The molecule has 0 radical (unpaired) electrons. The van der Waals surface area contributed by atoms with Crippen LogP contribution in [0.1, 0.15) is 38.1 Å². The average Bonchev–Trinajstić information content (AvgIpc) is 2.28. The number of carbonyl (C=O) groups is 3. The fourth-order valence-corrected chi connectivity index (χ4v) is 1.11. The van der Waals surface area contributed by atoms with Crippen LogP contribution in [0.3, 0.4) is 0 Å². The molecule has 0 aliphatic carbocycles. The van der Waals surface area contributed by atoms with Gasteiger partial charge in [-0.1, -0.05) is 0 Å². The number of esters is 1. The standard InChI is InChI=1S/C10H9NO6/c1-2-17-10(16)6-4-11-7(9(14)15)3-5(6)8(12)13/h3-4H,2H2,1H3,(H,12,13)(H,14,15)/p-2. The summed E-state index contributed by atoms with van der Waals surface area (Å²) in [6.07, 6.45) is 0.800. The minimum Gasteiger partial charge on any atom is -0.545 e. The normalized spacial score (nSPS) is 9.71. The van der Waals surface area contributed by atoms with Crippen molar-refractivity contribution in [2.45, 2.75) is 6.92 Å². The topological polar surface area (TPSA) is 119 Å². The highest BCUT2D eigenvalue weighted by Crippen LogP contribution is 2.10. The number of nitrogens with zero attached hydrogens (tertiary/aromatic N) is 1. The second-order valence-corrected chi connectivity index (χ2v) is 2.91. The quantitative estimate of drug-likeness (QED) is 0.554. The molecule has 7 heteroatoms. The van der Waals surface area contributed by atoms with Crippen molar-refractivity contribution in [3.63, 3.8) is 0 Å². The minimum atomic E-state index is -1.70. The fourth-order valence-electron chi connectivity index (χ4n) is 1.11. The second kappa shape index (κ2) is 5.06. The van der Waals surface area contributed by atoms with Gasteiger partial charge < -0.3 is 24.5 Å². The molecule has 0 saturated heterocycles. The van der Waals surface area contributed by atoms with Gasteiger partial charge in [0.2, 0.25) is 0 Å². The Morgan fingerprint density at radius 1 is 1.24 bits per heavy atom. The van der Waals surface area contributed by atoms with Crippen molar-refractivity contribution in [2.75, 3.05) is 6.61 Å². The van der Waals surface area contributed by atoms with Crippen molar-refractivity contribution < 1.29 is 29.3 Å². The van der Waals surface area contributed by atoms with Gasteiger partial charge in [-0.25, -0.2) is 4.79 Å². The van der Waals surface area contributed by atoms with E-state index < -0.39 is 29.2 Å². The van der Waals surface area contributed by atoms with Crippen molar-refractivity contribution >= 4 is 17.9 Å². The van der Waals surface area contributed by atoms with Crippen LogP contribution in [-0.2, 0) is 4.74 Å². The lowest BCUT2D eigenvalue weighted by Crippen LogP contribution is -2.29. The van der Waals surface area contributed by atoms with E-state index in [1.165, 1.54) is 0 Å². The molecule has 0 aliphatic rings. The summed E-state index contributed by atoms with van der Waals surface area (Å²) in [6, 6.07) is 0.691. The minimum absolute atomic E-state index is 0.0492. The molecule has 0 fully saturated rings. The third-order valence-corrected chi connectivity index (χ3v) is 1.83. The Bertz CT molecular complexity index is 482. The van der Waals surface area contributed by atoms with Crippen molar-refractivity contribution in [2.24, 2.45) is 0 Å². The fraction of sp³-hybridized carbons (Fsp3) is 0.200. The van der Waals surface area contributed by atoms with E-state index in [9.17, 15) is 24.6 Å². The molecule has 0 atom stereocenters. The van der Waals surface area contributed by atoms with Crippen molar-refractivity contribution in [3.8, 4) is 0 Å². The van der Waals surface area contributed by atoms with Crippen LogP contribution in [0.5, 0.6) is 0 Å². The Hall–Kier alpha value is -2.44. The molecule has 90 valence electrons. The third kappa shape index (κ3) is 2.77. The zero-order valence-corrected chi connectivity index (χ0v) is 8.76. The van der Waals surface area contributed by atoms with E-state index in [1.54, 1.807) is 6.92 Å². The Labute approximate surface area is 95.7 Å². The number of rotatable bonds is 4. The molecule has 0 bridgehead atoms. The highest BCUT2D eigenvalue weighted by atomic mass is 16.5. The van der Waals surface area contributed by atoms with Gasteiger partial charge in [-0.15, -0.1) is 0 Å². The number of aromatic carboxylic acids is 2. The molecule has 0 unspecified atom stereocenters. The van der Waals surface area contributed by atoms with Gasteiger partial charge in [-0.3, -0.25) is 4.98 Å². The SMILES string of the molecule is CCOC(=O)c1cnc(C(=O)[O-])cc1C(=O)[O-]. The number of carboxylic acids is 2. The first-order chi connectivity index (χ1) is 7.97. The van der Waals surface area contributed by atoms with E-state index >= 15 is 0 Å². The lowest BCUT2D eigenvalue weighted by atomic mass is 10.1. The maximum Gasteiger partial charge on any atom is 0.340 e. The highest BCUT2D eigenvalue weighted by Gasteiger charge is 2.15. The van der Waals surface area contributed by atoms with Gasteiger partial charge in [0.25, 0.3) is 0 Å². The van der Waals surface area contributed by atoms with Gasteiger partial charge in [0.05, 0.1) is 29.8 Å². The summed E-state index contributed by atoms with van der Waals surface area (Å²) in [5, 5.41) is 21.2. The molecule has 17 heavy (non-hydrogen) atoms. The van der Waals surface area contributed by atoms with E-state index in [0.717, 1.165) is 6.20 Å².